The van der Waals surface area contributed by atoms with E-state index >= 15 is 0 Å². The Kier molecular flexibility index (Phi) is 3.80. The lowest BCUT2D eigenvalue weighted by molar-refractivity contribution is 0.0692. The van der Waals surface area contributed by atoms with E-state index in [1.54, 1.807) is 12.1 Å². The van der Waals surface area contributed by atoms with Crippen LogP contribution in [-0.4, -0.2) is 16.1 Å². The van der Waals surface area contributed by atoms with Gasteiger partial charge in [0.25, 0.3) is 0 Å². The van der Waals surface area contributed by atoms with Gasteiger partial charge in [-0.3, -0.25) is 0 Å². The topological polar surface area (TPSA) is 62.2 Å². The van der Waals surface area contributed by atoms with Crippen LogP contribution in [0.4, 0.5) is 15.9 Å². The lowest BCUT2D eigenvalue weighted by Gasteiger charge is -2.09. The summed E-state index contributed by atoms with van der Waals surface area (Å²) in [5.74, 6) is -2.32. The molecule has 0 radical (unpaired) electrons. The summed E-state index contributed by atoms with van der Waals surface area (Å²) in [6, 6.07) is 6.50. The normalized spacial score (nSPS) is 10.3. The number of halogens is 2. The predicted octanol–water partition coefficient (Wildman–Crippen LogP) is 3.73. The molecular formula is C13H10BrFN2O2. The van der Waals surface area contributed by atoms with E-state index in [-0.39, 0.29) is 5.82 Å². The van der Waals surface area contributed by atoms with Crippen LogP contribution in [0.3, 0.4) is 0 Å². The number of aromatic carboxylic acids is 1. The Morgan fingerprint density at radius 3 is 2.79 bits per heavy atom. The van der Waals surface area contributed by atoms with Crippen molar-refractivity contribution in [3.8, 4) is 0 Å². The van der Waals surface area contributed by atoms with Crippen LogP contribution in [0.2, 0.25) is 0 Å². The summed E-state index contributed by atoms with van der Waals surface area (Å²) in [5.41, 5.74) is 1.24. The second-order valence-corrected chi connectivity index (χ2v) is 4.77. The third-order valence-electron chi connectivity index (χ3n) is 2.55. The van der Waals surface area contributed by atoms with Crippen molar-refractivity contribution in [1.82, 2.24) is 4.98 Å². The van der Waals surface area contributed by atoms with Gasteiger partial charge in [0.1, 0.15) is 5.56 Å². The lowest BCUT2D eigenvalue weighted by Crippen LogP contribution is -2.05. The highest BCUT2D eigenvalue weighted by Gasteiger charge is 2.15. The second kappa shape index (κ2) is 5.36. The summed E-state index contributed by atoms with van der Waals surface area (Å²) < 4.78 is 14.7. The first-order valence-corrected chi connectivity index (χ1v) is 6.19. The molecule has 0 aliphatic heterocycles. The largest absolute Gasteiger partial charge is 0.478 e. The van der Waals surface area contributed by atoms with E-state index < -0.39 is 17.3 Å². The van der Waals surface area contributed by atoms with Crippen molar-refractivity contribution < 1.29 is 14.3 Å². The van der Waals surface area contributed by atoms with Crippen LogP contribution in [0.5, 0.6) is 0 Å². The van der Waals surface area contributed by atoms with Gasteiger partial charge in [-0.15, -0.1) is 0 Å². The Morgan fingerprint density at radius 1 is 1.42 bits per heavy atom. The zero-order valence-electron chi connectivity index (χ0n) is 9.95. The van der Waals surface area contributed by atoms with Crippen molar-refractivity contribution in [1.29, 1.82) is 0 Å². The smallest absolute Gasteiger partial charge is 0.338 e. The van der Waals surface area contributed by atoms with E-state index in [0.717, 1.165) is 16.1 Å². The molecule has 6 heteroatoms. The Hall–Kier alpha value is -1.95. The number of anilines is 2. The van der Waals surface area contributed by atoms with Crippen molar-refractivity contribution in [3.63, 3.8) is 0 Å². The first-order valence-electron chi connectivity index (χ1n) is 5.40. The summed E-state index contributed by atoms with van der Waals surface area (Å²) in [7, 11) is 0. The van der Waals surface area contributed by atoms with E-state index in [2.05, 4.69) is 26.2 Å². The van der Waals surface area contributed by atoms with E-state index in [1.165, 1.54) is 6.20 Å². The standard InChI is InChI=1S/C13H10BrFN2O2/c1-7-2-3-8(6-10(7)14)17-12-11(15)9(13(18)19)4-5-16-12/h2-6H,1H3,(H,16,17)(H,18,19). The number of carbonyl (C=O) groups is 1. The van der Waals surface area contributed by atoms with Crippen LogP contribution in [0.1, 0.15) is 15.9 Å². The number of nitrogens with one attached hydrogen (secondary N) is 1. The Balaban J connectivity index is 2.35. The third-order valence-corrected chi connectivity index (χ3v) is 3.41. The Morgan fingerprint density at radius 2 is 2.16 bits per heavy atom. The maximum atomic E-state index is 13.9. The molecule has 0 saturated heterocycles. The van der Waals surface area contributed by atoms with Gasteiger partial charge >= 0.3 is 5.97 Å². The van der Waals surface area contributed by atoms with Crippen molar-refractivity contribution in [2.45, 2.75) is 6.92 Å². The van der Waals surface area contributed by atoms with Gasteiger partial charge in [0, 0.05) is 16.4 Å². The number of hydrogen-bond donors (Lipinski definition) is 2. The molecule has 19 heavy (non-hydrogen) atoms. The number of benzene rings is 1. The second-order valence-electron chi connectivity index (χ2n) is 3.92. The van der Waals surface area contributed by atoms with Gasteiger partial charge in [-0.1, -0.05) is 22.0 Å². The molecule has 2 N–H and O–H groups in total. The molecule has 1 heterocycles. The molecular weight excluding hydrogens is 315 g/mol. The molecule has 0 unspecified atom stereocenters. The molecule has 0 aliphatic rings. The van der Waals surface area contributed by atoms with Gasteiger partial charge < -0.3 is 10.4 Å². The SMILES string of the molecule is Cc1ccc(Nc2nccc(C(=O)O)c2F)cc1Br. The number of aryl methyl sites for hydroxylation is 1. The average molecular weight is 325 g/mol. The summed E-state index contributed by atoms with van der Waals surface area (Å²) in [4.78, 5) is 14.6. The molecule has 2 rings (SSSR count). The fourth-order valence-electron chi connectivity index (χ4n) is 1.50. The van der Waals surface area contributed by atoms with Crippen molar-refractivity contribution in [3.05, 3.63) is 51.9 Å². The van der Waals surface area contributed by atoms with Crippen LogP contribution in [0, 0.1) is 12.7 Å². The number of carboxylic acid groups (broad SMARTS) is 1. The van der Waals surface area contributed by atoms with Crippen molar-refractivity contribution in [2.75, 3.05) is 5.32 Å². The summed E-state index contributed by atoms with van der Waals surface area (Å²) in [6.07, 6.45) is 1.25. The lowest BCUT2D eigenvalue weighted by atomic mass is 10.2. The average Bonchev–Trinajstić information content (AvgIpc) is 2.36. The highest BCUT2D eigenvalue weighted by molar-refractivity contribution is 9.10. The van der Waals surface area contributed by atoms with Gasteiger partial charge in [-0.05, 0) is 30.7 Å². The molecule has 4 nitrogen and oxygen atoms in total. The van der Waals surface area contributed by atoms with E-state index in [4.69, 9.17) is 5.11 Å². The monoisotopic (exact) mass is 324 g/mol. The minimum atomic E-state index is -1.33. The number of hydrogen-bond acceptors (Lipinski definition) is 3. The quantitative estimate of drug-likeness (QED) is 0.902. The fraction of sp³-hybridized carbons (Fsp3) is 0.0769. The zero-order chi connectivity index (χ0) is 14.0. The number of carboxylic acids is 1. The van der Waals surface area contributed by atoms with Crippen LogP contribution >= 0.6 is 15.9 Å². The predicted molar refractivity (Wildman–Crippen MR) is 73.3 cm³/mol. The minimum Gasteiger partial charge on any atom is -0.478 e. The molecule has 0 aliphatic carbocycles. The minimum absolute atomic E-state index is 0.115. The molecule has 2 aromatic rings. The third kappa shape index (κ3) is 2.90. The van der Waals surface area contributed by atoms with Gasteiger partial charge in [0.2, 0.25) is 0 Å². The highest BCUT2D eigenvalue weighted by atomic mass is 79.9. The summed E-state index contributed by atoms with van der Waals surface area (Å²) in [5, 5.41) is 11.6. The van der Waals surface area contributed by atoms with Crippen LogP contribution in [-0.2, 0) is 0 Å². The molecule has 1 aromatic carbocycles. The number of rotatable bonds is 3. The van der Waals surface area contributed by atoms with Gasteiger partial charge in [-0.2, -0.15) is 0 Å². The zero-order valence-corrected chi connectivity index (χ0v) is 11.5. The molecule has 0 saturated carbocycles. The molecule has 1 aromatic heterocycles. The van der Waals surface area contributed by atoms with Crippen LogP contribution in [0.15, 0.2) is 34.9 Å². The van der Waals surface area contributed by atoms with Gasteiger partial charge in [-0.25, -0.2) is 14.2 Å². The van der Waals surface area contributed by atoms with Crippen LogP contribution < -0.4 is 5.32 Å². The molecule has 0 fully saturated rings. The van der Waals surface area contributed by atoms with E-state index in [0.29, 0.717) is 5.69 Å². The van der Waals surface area contributed by atoms with Crippen molar-refractivity contribution in [2.24, 2.45) is 0 Å². The van der Waals surface area contributed by atoms with Gasteiger partial charge in [0.05, 0.1) is 0 Å². The maximum Gasteiger partial charge on any atom is 0.338 e. The van der Waals surface area contributed by atoms with E-state index in [1.807, 2.05) is 13.0 Å². The first-order chi connectivity index (χ1) is 8.99. The molecule has 0 bridgehead atoms. The van der Waals surface area contributed by atoms with Crippen LogP contribution in [0.25, 0.3) is 0 Å². The Bertz CT molecular complexity index is 647. The van der Waals surface area contributed by atoms with E-state index in [9.17, 15) is 9.18 Å². The first kappa shape index (κ1) is 13.5. The molecule has 0 atom stereocenters. The molecule has 0 amide bonds. The maximum absolute atomic E-state index is 13.9. The number of pyridine rings is 1. The summed E-state index contributed by atoms with van der Waals surface area (Å²) in [6.45, 7) is 1.93. The van der Waals surface area contributed by atoms with Crippen molar-refractivity contribution >= 4 is 33.4 Å². The van der Waals surface area contributed by atoms with Gasteiger partial charge in [0.15, 0.2) is 11.6 Å². The number of nitrogens with zero attached hydrogens (tertiary/aromatic N) is 1. The number of aromatic nitrogens is 1. The molecule has 98 valence electrons. The Labute approximate surface area is 117 Å². The molecule has 0 spiro atoms. The summed E-state index contributed by atoms with van der Waals surface area (Å²) >= 11 is 3.37. The fourth-order valence-corrected chi connectivity index (χ4v) is 1.88. The highest BCUT2D eigenvalue weighted by Crippen LogP contribution is 2.24.